The molecule has 0 saturated carbocycles. The summed E-state index contributed by atoms with van der Waals surface area (Å²) in [6, 6.07) is 20.1. The van der Waals surface area contributed by atoms with Gasteiger partial charge in [0, 0.05) is 25.3 Å². The lowest BCUT2D eigenvalue weighted by Crippen LogP contribution is -2.59. The van der Waals surface area contributed by atoms with Crippen molar-refractivity contribution < 1.29 is 4.79 Å². The number of likely N-dealkylation sites (N-methyl/N-ethyl adjacent to an activating group) is 1. The summed E-state index contributed by atoms with van der Waals surface area (Å²) < 4.78 is 0. The normalized spacial score (nSPS) is 22.2. The Labute approximate surface area is 144 Å². The zero-order valence-corrected chi connectivity index (χ0v) is 14.4. The maximum atomic E-state index is 12.5. The summed E-state index contributed by atoms with van der Waals surface area (Å²) in [5.41, 5.74) is 1.93. The number of carbonyl (C=O) groups is 1. The molecule has 1 unspecified atom stereocenters. The van der Waals surface area contributed by atoms with Crippen LogP contribution >= 0.6 is 0 Å². The molecule has 1 amide bonds. The van der Waals surface area contributed by atoms with Crippen LogP contribution in [0.25, 0.3) is 0 Å². The number of anilines is 1. The first-order chi connectivity index (χ1) is 11.6. The van der Waals surface area contributed by atoms with Crippen LogP contribution in [0.5, 0.6) is 0 Å². The average Bonchev–Trinajstić information content (AvgIpc) is 2.59. The van der Waals surface area contributed by atoms with E-state index in [-0.39, 0.29) is 11.4 Å². The molecular formula is C20H25N3O. The van der Waals surface area contributed by atoms with Crippen LogP contribution in [0.3, 0.4) is 0 Å². The van der Waals surface area contributed by atoms with Crippen LogP contribution in [0.15, 0.2) is 60.7 Å². The third-order valence-corrected chi connectivity index (χ3v) is 4.82. The minimum atomic E-state index is -0.164. The maximum absolute atomic E-state index is 12.5. The minimum Gasteiger partial charge on any atom is -0.325 e. The number of hydrogen-bond donors (Lipinski definition) is 1. The van der Waals surface area contributed by atoms with Crippen LogP contribution < -0.4 is 5.32 Å². The molecule has 1 heterocycles. The van der Waals surface area contributed by atoms with Crippen molar-refractivity contribution in [3.63, 3.8) is 0 Å². The van der Waals surface area contributed by atoms with E-state index in [4.69, 9.17) is 0 Å². The van der Waals surface area contributed by atoms with E-state index in [0.717, 1.165) is 25.3 Å². The zero-order chi connectivity index (χ0) is 17.0. The number of nitrogens with one attached hydrogen (secondary N) is 1. The molecule has 0 spiro atoms. The van der Waals surface area contributed by atoms with Gasteiger partial charge in [0.05, 0.1) is 12.1 Å². The van der Waals surface area contributed by atoms with Crippen molar-refractivity contribution in [2.45, 2.75) is 12.5 Å². The second kappa shape index (κ2) is 7.16. The molecule has 4 nitrogen and oxygen atoms in total. The van der Waals surface area contributed by atoms with E-state index in [1.807, 2.05) is 36.4 Å². The van der Waals surface area contributed by atoms with Crippen molar-refractivity contribution in [3.05, 3.63) is 66.2 Å². The fraction of sp³-hybridized carbons (Fsp3) is 0.350. The van der Waals surface area contributed by atoms with E-state index in [9.17, 15) is 4.79 Å². The lowest BCUT2D eigenvalue weighted by atomic mass is 9.87. The number of nitrogens with zero attached hydrogens (tertiary/aromatic N) is 2. The molecular weight excluding hydrogens is 298 g/mol. The molecule has 24 heavy (non-hydrogen) atoms. The summed E-state index contributed by atoms with van der Waals surface area (Å²) in [5, 5.41) is 3.00. The lowest BCUT2D eigenvalue weighted by Gasteiger charge is -2.48. The predicted octanol–water partition coefficient (Wildman–Crippen LogP) is 2.79. The molecule has 1 fully saturated rings. The smallest absolute Gasteiger partial charge is 0.238 e. The van der Waals surface area contributed by atoms with E-state index in [1.165, 1.54) is 5.56 Å². The fourth-order valence-corrected chi connectivity index (χ4v) is 3.46. The third-order valence-electron chi connectivity index (χ3n) is 4.82. The quantitative estimate of drug-likeness (QED) is 0.940. The second-order valence-corrected chi connectivity index (χ2v) is 6.71. The van der Waals surface area contributed by atoms with E-state index >= 15 is 0 Å². The largest absolute Gasteiger partial charge is 0.325 e. The van der Waals surface area contributed by atoms with Gasteiger partial charge in [-0.25, -0.2) is 0 Å². The minimum absolute atomic E-state index is 0.0351. The van der Waals surface area contributed by atoms with Crippen molar-refractivity contribution >= 4 is 11.6 Å². The van der Waals surface area contributed by atoms with Gasteiger partial charge in [0.15, 0.2) is 0 Å². The van der Waals surface area contributed by atoms with Crippen molar-refractivity contribution in [2.24, 2.45) is 0 Å². The van der Waals surface area contributed by atoms with Crippen molar-refractivity contribution in [1.82, 2.24) is 9.80 Å². The number of benzene rings is 2. The highest BCUT2D eigenvalue weighted by atomic mass is 16.2. The first-order valence-electron chi connectivity index (χ1n) is 8.42. The van der Waals surface area contributed by atoms with Gasteiger partial charge in [-0.1, -0.05) is 48.5 Å². The standard InChI is InChI=1S/C20H25N3O/c1-20(17-9-5-3-6-10-17)16-22(2)13-14-23(20)15-19(24)21-18-11-7-4-8-12-18/h3-12H,13-16H2,1-2H3,(H,21,24). The van der Waals surface area contributed by atoms with E-state index in [1.54, 1.807) is 0 Å². The van der Waals surface area contributed by atoms with Crippen LogP contribution in [-0.4, -0.2) is 48.9 Å². The van der Waals surface area contributed by atoms with Gasteiger partial charge >= 0.3 is 0 Å². The van der Waals surface area contributed by atoms with Crippen molar-refractivity contribution in [2.75, 3.05) is 38.5 Å². The Bertz CT molecular complexity index is 674. The molecule has 2 aromatic rings. The predicted molar refractivity (Wildman–Crippen MR) is 97.9 cm³/mol. The molecule has 4 heteroatoms. The molecule has 0 aliphatic carbocycles. The fourth-order valence-electron chi connectivity index (χ4n) is 3.46. The van der Waals surface area contributed by atoms with E-state index in [2.05, 4.69) is 53.4 Å². The highest BCUT2D eigenvalue weighted by molar-refractivity contribution is 5.92. The molecule has 1 atom stereocenters. The van der Waals surface area contributed by atoms with Crippen molar-refractivity contribution in [1.29, 1.82) is 0 Å². The summed E-state index contributed by atoms with van der Waals surface area (Å²) in [5.74, 6) is 0.0351. The number of hydrogen-bond acceptors (Lipinski definition) is 3. The van der Waals surface area contributed by atoms with Crippen LogP contribution in [0, 0.1) is 0 Å². The second-order valence-electron chi connectivity index (χ2n) is 6.71. The topological polar surface area (TPSA) is 35.6 Å². The molecule has 1 aliphatic heterocycles. The van der Waals surface area contributed by atoms with Crippen LogP contribution in [0.4, 0.5) is 5.69 Å². The van der Waals surface area contributed by atoms with Gasteiger partial charge in [-0.05, 0) is 31.7 Å². The van der Waals surface area contributed by atoms with Crippen LogP contribution in [0.2, 0.25) is 0 Å². The number of rotatable bonds is 4. The molecule has 1 N–H and O–H groups in total. The maximum Gasteiger partial charge on any atom is 0.238 e. The highest BCUT2D eigenvalue weighted by Crippen LogP contribution is 2.31. The Kier molecular flexibility index (Phi) is 4.97. The molecule has 1 aliphatic rings. The summed E-state index contributed by atoms with van der Waals surface area (Å²) in [7, 11) is 2.14. The van der Waals surface area contributed by atoms with Gasteiger partial charge in [-0.2, -0.15) is 0 Å². The van der Waals surface area contributed by atoms with Gasteiger partial charge in [0.25, 0.3) is 0 Å². The summed E-state index contributed by atoms with van der Waals surface area (Å²) in [6.07, 6.45) is 0. The van der Waals surface area contributed by atoms with Gasteiger partial charge < -0.3 is 10.2 Å². The van der Waals surface area contributed by atoms with Gasteiger partial charge in [0.2, 0.25) is 5.91 Å². The molecule has 1 saturated heterocycles. The monoisotopic (exact) mass is 323 g/mol. The van der Waals surface area contributed by atoms with Gasteiger partial charge in [0.1, 0.15) is 0 Å². The Hall–Kier alpha value is -2.17. The zero-order valence-electron chi connectivity index (χ0n) is 14.4. The summed E-state index contributed by atoms with van der Waals surface area (Å²) >= 11 is 0. The first-order valence-corrected chi connectivity index (χ1v) is 8.42. The molecule has 126 valence electrons. The Balaban J connectivity index is 1.76. The number of para-hydroxylation sites is 1. The van der Waals surface area contributed by atoms with Gasteiger partial charge in [-0.3, -0.25) is 9.69 Å². The number of amides is 1. The van der Waals surface area contributed by atoms with Crippen LogP contribution in [0.1, 0.15) is 12.5 Å². The van der Waals surface area contributed by atoms with E-state index in [0.29, 0.717) is 6.54 Å². The molecule has 0 aromatic heterocycles. The SMILES string of the molecule is CN1CCN(CC(=O)Nc2ccccc2)C(C)(c2ccccc2)C1. The van der Waals surface area contributed by atoms with Crippen LogP contribution in [-0.2, 0) is 10.3 Å². The Morgan fingerprint density at radius 2 is 1.67 bits per heavy atom. The average molecular weight is 323 g/mol. The Morgan fingerprint density at radius 1 is 1.04 bits per heavy atom. The molecule has 3 rings (SSSR count). The summed E-state index contributed by atoms with van der Waals surface area (Å²) in [6.45, 7) is 5.39. The molecule has 0 radical (unpaired) electrons. The highest BCUT2D eigenvalue weighted by Gasteiger charge is 2.38. The number of piperazine rings is 1. The Morgan fingerprint density at radius 3 is 2.33 bits per heavy atom. The first kappa shape index (κ1) is 16.7. The van der Waals surface area contributed by atoms with Crippen molar-refractivity contribution in [3.8, 4) is 0 Å². The lowest BCUT2D eigenvalue weighted by molar-refractivity contribution is -0.120. The molecule has 0 bridgehead atoms. The summed E-state index contributed by atoms with van der Waals surface area (Å²) in [4.78, 5) is 17.1. The molecule has 2 aromatic carbocycles. The number of carbonyl (C=O) groups excluding carboxylic acids is 1. The van der Waals surface area contributed by atoms with E-state index < -0.39 is 0 Å². The third kappa shape index (κ3) is 3.66. The van der Waals surface area contributed by atoms with Gasteiger partial charge in [-0.15, -0.1) is 0 Å².